The zero-order chi connectivity index (χ0) is 23.7. The number of amides is 1. The van der Waals surface area contributed by atoms with Crippen LogP contribution in [0.25, 0.3) is 11.1 Å². The van der Waals surface area contributed by atoms with Crippen LogP contribution in [0, 0.1) is 50.9 Å². The maximum atomic E-state index is 12.7. The molecule has 0 aliphatic rings. The third kappa shape index (κ3) is 9.18. The van der Waals surface area contributed by atoms with Crippen molar-refractivity contribution in [3.05, 3.63) is 53.8 Å². The van der Waals surface area contributed by atoms with Crippen molar-refractivity contribution in [1.29, 1.82) is 0 Å². The van der Waals surface area contributed by atoms with Crippen LogP contribution < -0.4 is 15.8 Å². The van der Waals surface area contributed by atoms with Gasteiger partial charge in [-0.1, -0.05) is 36.2 Å². The van der Waals surface area contributed by atoms with E-state index in [1.54, 1.807) is 12.1 Å². The van der Waals surface area contributed by atoms with Gasteiger partial charge < -0.3 is 22.1 Å². The third-order valence-electron chi connectivity index (χ3n) is 3.83. The molecule has 3 rings (SSSR count). The Kier molecular flexibility index (Phi) is 12.8. The Bertz CT molecular complexity index is 1050. The van der Waals surface area contributed by atoms with E-state index in [1.807, 2.05) is 20.8 Å². The molecule has 0 atom stereocenters. The number of carbonyl (C=O) groups excluding carboxylic acids is 1. The van der Waals surface area contributed by atoms with E-state index in [4.69, 9.17) is 26.8 Å². The number of carbonyl (C=O) groups is 1. The standard InChI is InChI=1S/C15H13ClN6O2S.C6H12O.U/c1-7-3-8(9-4-12(16)19-6-11(9)24-2)10(5-18-7)13(23)20-15-22-21-14(17)25-15;1-4-7-5-6(2)3;/h3-6H,1-2H3,(H2,17,21)(H,20,22,23);1,4-5H2,2-3H3;/q;-2;+2. The van der Waals surface area contributed by atoms with Gasteiger partial charge >= 0.3 is 31.1 Å². The minimum Gasteiger partial charge on any atom is -0.494 e. The van der Waals surface area contributed by atoms with Crippen LogP contribution in [0.1, 0.15) is 29.9 Å². The molecule has 3 N–H and O–H groups in total. The normalized spacial score (nSPS) is 10.2. The second kappa shape index (κ2) is 14.5. The first-order valence-corrected chi connectivity index (χ1v) is 10.7. The average molecular weight is 715 g/mol. The number of aromatic nitrogens is 4. The maximum absolute atomic E-state index is 12.7. The summed E-state index contributed by atoms with van der Waals surface area (Å²) in [5, 5.41) is 11.0. The van der Waals surface area contributed by atoms with Gasteiger partial charge in [-0.05, 0) is 19.1 Å². The molecule has 0 saturated heterocycles. The number of anilines is 2. The monoisotopic (exact) mass is 714 g/mol. The summed E-state index contributed by atoms with van der Waals surface area (Å²) in [7, 11) is 1.52. The molecule has 174 valence electrons. The number of nitrogens with one attached hydrogen (secondary N) is 1. The number of rotatable bonds is 7. The van der Waals surface area contributed by atoms with Gasteiger partial charge in [-0.15, -0.1) is 10.2 Å². The SMILES string of the molecule is COc1cnc(Cl)cc1-c1cc(C)ncc1C(=O)Nc1nnc(N)s1.[CH2-]COC[C-](C)C.[U+2]. The van der Waals surface area contributed by atoms with Crippen LogP contribution in [0.3, 0.4) is 0 Å². The summed E-state index contributed by atoms with van der Waals surface area (Å²) < 4.78 is 10.3. The summed E-state index contributed by atoms with van der Waals surface area (Å²) in [5.74, 6) is 1.39. The topological polar surface area (TPSA) is 125 Å². The van der Waals surface area contributed by atoms with E-state index < -0.39 is 5.91 Å². The molecule has 33 heavy (non-hydrogen) atoms. The molecule has 1 amide bonds. The first-order chi connectivity index (χ1) is 15.2. The molecule has 0 bridgehead atoms. The van der Waals surface area contributed by atoms with E-state index >= 15 is 0 Å². The molecule has 0 aliphatic heterocycles. The summed E-state index contributed by atoms with van der Waals surface area (Å²) in [6.07, 6.45) is 2.98. The van der Waals surface area contributed by atoms with Crippen molar-refractivity contribution in [3.8, 4) is 16.9 Å². The van der Waals surface area contributed by atoms with Crippen molar-refractivity contribution in [2.75, 3.05) is 31.4 Å². The fourth-order valence-electron chi connectivity index (χ4n) is 2.48. The van der Waals surface area contributed by atoms with Crippen molar-refractivity contribution in [1.82, 2.24) is 20.2 Å². The number of ether oxygens (including phenoxy) is 2. The summed E-state index contributed by atoms with van der Waals surface area (Å²) >= 11 is 7.09. The second-order valence-corrected chi connectivity index (χ2v) is 8.13. The maximum Gasteiger partial charge on any atom is 2.00 e. The molecular formula is C21H25ClN6O3SU. The smallest absolute Gasteiger partial charge is 0.494 e. The number of aryl methyl sites for hydroxylation is 1. The van der Waals surface area contributed by atoms with Gasteiger partial charge in [0.2, 0.25) is 10.3 Å². The van der Waals surface area contributed by atoms with Crippen molar-refractivity contribution >= 4 is 39.1 Å². The van der Waals surface area contributed by atoms with E-state index in [2.05, 4.69) is 32.4 Å². The summed E-state index contributed by atoms with van der Waals surface area (Å²) in [4.78, 5) is 20.9. The van der Waals surface area contributed by atoms with Gasteiger partial charge in [-0.2, -0.15) is 13.8 Å². The van der Waals surface area contributed by atoms with Gasteiger partial charge in [0, 0.05) is 23.0 Å². The number of pyridine rings is 2. The predicted octanol–water partition coefficient (Wildman–Crippen LogP) is 4.25. The van der Waals surface area contributed by atoms with Gasteiger partial charge in [-0.25, -0.2) is 4.98 Å². The zero-order valence-electron chi connectivity index (χ0n) is 18.8. The van der Waals surface area contributed by atoms with E-state index in [9.17, 15) is 4.79 Å². The summed E-state index contributed by atoms with van der Waals surface area (Å²) in [5.41, 5.74) is 7.85. The Morgan fingerprint density at radius 1 is 1.24 bits per heavy atom. The molecule has 9 nitrogen and oxygen atoms in total. The molecule has 3 heterocycles. The molecule has 0 saturated carbocycles. The molecule has 0 fully saturated rings. The van der Waals surface area contributed by atoms with Crippen molar-refractivity contribution < 1.29 is 45.4 Å². The van der Waals surface area contributed by atoms with Crippen LogP contribution in [0.5, 0.6) is 5.75 Å². The van der Waals surface area contributed by atoms with Crippen LogP contribution in [-0.4, -0.2) is 46.4 Å². The minimum absolute atomic E-state index is 0. The Labute approximate surface area is 226 Å². The molecule has 0 aliphatic carbocycles. The van der Waals surface area contributed by atoms with Crippen LogP contribution in [0.15, 0.2) is 24.5 Å². The number of nitrogens with two attached hydrogens (primary N) is 1. The van der Waals surface area contributed by atoms with Gasteiger partial charge in [0.05, 0.1) is 18.9 Å². The van der Waals surface area contributed by atoms with Crippen molar-refractivity contribution in [3.63, 3.8) is 0 Å². The van der Waals surface area contributed by atoms with E-state index in [1.165, 1.54) is 25.4 Å². The Morgan fingerprint density at radius 3 is 2.52 bits per heavy atom. The summed E-state index contributed by atoms with van der Waals surface area (Å²) in [6, 6.07) is 3.41. The van der Waals surface area contributed by atoms with Gasteiger partial charge in [0.15, 0.2) is 0 Å². The zero-order valence-corrected chi connectivity index (χ0v) is 24.5. The van der Waals surface area contributed by atoms with Crippen LogP contribution in [0.2, 0.25) is 5.15 Å². The molecule has 0 aromatic carbocycles. The van der Waals surface area contributed by atoms with E-state index in [0.29, 0.717) is 34.2 Å². The molecule has 0 radical (unpaired) electrons. The number of halogens is 1. The van der Waals surface area contributed by atoms with E-state index in [-0.39, 0.29) is 41.4 Å². The minimum atomic E-state index is -0.395. The number of methoxy groups -OCH3 is 1. The number of nitrogens with zero attached hydrogens (tertiary/aromatic N) is 4. The molecule has 3 aromatic rings. The fourth-order valence-corrected chi connectivity index (χ4v) is 3.14. The largest absolute Gasteiger partial charge is 2.00 e. The second-order valence-electron chi connectivity index (χ2n) is 6.74. The average Bonchev–Trinajstić information content (AvgIpc) is 3.16. The first-order valence-electron chi connectivity index (χ1n) is 9.48. The Morgan fingerprint density at radius 2 is 1.97 bits per heavy atom. The van der Waals surface area contributed by atoms with Gasteiger partial charge in [0.25, 0.3) is 5.91 Å². The first kappa shape index (κ1) is 29.3. The van der Waals surface area contributed by atoms with Gasteiger partial charge in [0.1, 0.15) is 10.9 Å². The number of nitrogen functional groups attached to an aromatic ring is 1. The third-order valence-corrected chi connectivity index (χ3v) is 4.70. The summed E-state index contributed by atoms with van der Waals surface area (Å²) in [6.45, 7) is 10.8. The van der Waals surface area contributed by atoms with Crippen molar-refractivity contribution in [2.45, 2.75) is 20.8 Å². The fraction of sp³-hybridized carbons (Fsp3) is 0.286. The molecule has 3 aromatic heterocycles. The molecule has 0 spiro atoms. The number of hydrogen-bond donors (Lipinski definition) is 2. The predicted molar refractivity (Wildman–Crippen MR) is 127 cm³/mol. The molecule has 0 unspecified atom stereocenters. The quantitative estimate of drug-likeness (QED) is 0.275. The Hall–Kier alpha value is -1.77. The van der Waals surface area contributed by atoms with Crippen molar-refractivity contribution in [2.24, 2.45) is 0 Å². The Balaban J connectivity index is 0.000000595. The van der Waals surface area contributed by atoms with Crippen LogP contribution >= 0.6 is 22.9 Å². The molecule has 12 heteroatoms. The van der Waals surface area contributed by atoms with Crippen LogP contribution in [0.4, 0.5) is 10.3 Å². The van der Waals surface area contributed by atoms with E-state index in [0.717, 1.165) is 23.6 Å². The molecular weight excluding hydrogens is 690 g/mol. The number of hydrogen-bond acceptors (Lipinski definition) is 9. The van der Waals surface area contributed by atoms with Crippen LogP contribution in [-0.2, 0) is 4.74 Å². The van der Waals surface area contributed by atoms with Gasteiger partial charge in [-0.3, -0.25) is 21.0 Å².